The Morgan fingerprint density at radius 1 is 0.192 bits per heavy atom. The standard InChI is InChI=1S/C49H33N3/c1-5-14-34(15-6-1)38-22-13-23-39(28-38)44-31-45(43-27-26-41-29-40(24-25-42(41)30-43)35-16-7-2-8-17-35)33-46(32-44)49-51-47(36-18-9-3-10-19-36)50-48(52-49)37-20-11-4-12-21-37/h1-33H. The highest BCUT2D eigenvalue weighted by atomic mass is 15.0. The molecule has 0 aliphatic heterocycles. The molecule has 52 heavy (non-hydrogen) atoms. The first-order chi connectivity index (χ1) is 25.7. The number of fused-ring (bicyclic) bond motifs is 1. The zero-order chi connectivity index (χ0) is 34.7. The highest BCUT2D eigenvalue weighted by molar-refractivity contribution is 5.92. The molecule has 0 saturated heterocycles. The largest absolute Gasteiger partial charge is 0.208 e. The van der Waals surface area contributed by atoms with E-state index >= 15 is 0 Å². The molecule has 244 valence electrons. The molecule has 9 aromatic rings. The van der Waals surface area contributed by atoms with Gasteiger partial charge in [-0.15, -0.1) is 0 Å². The monoisotopic (exact) mass is 663 g/mol. The molecule has 8 aromatic carbocycles. The smallest absolute Gasteiger partial charge is 0.164 e. The molecule has 0 bridgehead atoms. The summed E-state index contributed by atoms with van der Waals surface area (Å²) in [6.45, 7) is 0. The van der Waals surface area contributed by atoms with Crippen molar-refractivity contribution in [3.63, 3.8) is 0 Å². The fourth-order valence-electron chi connectivity index (χ4n) is 6.77. The number of aromatic nitrogens is 3. The molecular weight excluding hydrogens is 631 g/mol. The summed E-state index contributed by atoms with van der Waals surface area (Å²) < 4.78 is 0. The Morgan fingerprint density at radius 2 is 0.500 bits per heavy atom. The van der Waals surface area contributed by atoms with Gasteiger partial charge in [0.05, 0.1) is 0 Å². The molecule has 0 spiro atoms. The average Bonchev–Trinajstić information content (AvgIpc) is 3.24. The summed E-state index contributed by atoms with van der Waals surface area (Å²) >= 11 is 0. The molecule has 0 fully saturated rings. The lowest BCUT2D eigenvalue weighted by Crippen LogP contribution is -2.00. The van der Waals surface area contributed by atoms with Crippen LogP contribution in [-0.4, -0.2) is 15.0 Å². The SMILES string of the molecule is c1ccc(-c2cccc(-c3cc(-c4ccc5cc(-c6ccccc6)ccc5c4)cc(-c4nc(-c5ccccc5)nc(-c5ccccc5)n4)c3)c2)cc1. The lowest BCUT2D eigenvalue weighted by molar-refractivity contribution is 1.07. The van der Waals surface area contributed by atoms with Crippen molar-refractivity contribution in [1.29, 1.82) is 0 Å². The number of rotatable bonds is 7. The van der Waals surface area contributed by atoms with E-state index in [2.05, 4.69) is 140 Å². The Labute approximate surface area is 303 Å². The second kappa shape index (κ2) is 13.7. The minimum atomic E-state index is 0.628. The third-order valence-corrected chi connectivity index (χ3v) is 9.47. The van der Waals surface area contributed by atoms with Gasteiger partial charge in [0.25, 0.3) is 0 Å². The second-order valence-electron chi connectivity index (χ2n) is 12.9. The highest BCUT2D eigenvalue weighted by Crippen LogP contribution is 2.36. The third-order valence-electron chi connectivity index (χ3n) is 9.47. The molecule has 0 aliphatic carbocycles. The van der Waals surface area contributed by atoms with Crippen molar-refractivity contribution in [2.75, 3.05) is 0 Å². The number of hydrogen-bond donors (Lipinski definition) is 0. The van der Waals surface area contributed by atoms with E-state index in [0.29, 0.717) is 17.5 Å². The summed E-state index contributed by atoms with van der Waals surface area (Å²) in [5, 5.41) is 2.39. The third kappa shape index (κ3) is 6.39. The Hall–Kier alpha value is -6.97. The van der Waals surface area contributed by atoms with Gasteiger partial charge in [0.2, 0.25) is 0 Å². The Balaban J connectivity index is 1.22. The van der Waals surface area contributed by atoms with Crippen LogP contribution in [0, 0.1) is 0 Å². The van der Waals surface area contributed by atoms with Crippen LogP contribution in [0.5, 0.6) is 0 Å². The van der Waals surface area contributed by atoms with Gasteiger partial charge < -0.3 is 0 Å². The lowest BCUT2D eigenvalue weighted by atomic mass is 9.92. The van der Waals surface area contributed by atoms with E-state index in [9.17, 15) is 0 Å². The van der Waals surface area contributed by atoms with Crippen LogP contribution < -0.4 is 0 Å². The maximum Gasteiger partial charge on any atom is 0.164 e. The van der Waals surface area contributed by atoms with Crippen molar-refractivity contribution < 1.29 is 0 Å². The maximum absolute atomic E-state index is 5.10. The van der Waals surface area contributed by atoms with Crippen molar-refractivity contribution in [2.24, 2.45) is 0 Å². The summed E-state index contributed by atoms with van der Waals surface area (Å²) in [6.07, 6.45) is 0. The summed E-state index contributed by atoms with van der Waals surface area (Å²) in [5.74, 6) is 1.91. The Kier molecular flexibility index (Phi) is 8.20. The van der Waals surface area contributed by atoms with E-state index < -0.39 is 0 Å². The van der Waals surface area contributed by atoms with Gasteiger partial charge in [-0.2, -0.15) is 0 Å². The van der Waals surface area contributed by atoms with E-state index in [1.807, 2.05) is 60.7 Å². The molecule has 3 heteroatoms. The van der Waals surface area contributed by atoms with Gasteiger partial charge in [-0.25, -0.2) is 15.0 Å². The van der Waals surface area contributed by atoms with Crippen LogP contribution in [0.4, 0.5) is 0 Å². The first-order valence-electron chi connectivity index (χ1n) is 17.5. The van der Waals surface area contributed by atoms with Crippen LogP contribution in [-0.2, 0) is 0 Å². The first kappa shape index (κ1) is 31.0. The zero-order valence-corrected chi connectivity index (χ0v) is 28.4. The van der Waals surface area contributed by atoms with E-state index in [4.69, 9.17) is 15.0 Å². The summed E-state index contributed by atoms with van der Waals surface area (Å²) in [6, 6.07) is 70.2. The fraction of sp³-hybridized carbons (Fsp3) is 0. The summed E-state index contributed by atoms with van der Waals surface area (Å²) in [5.41, 5.74) is 12.0. The van der Waals surface area contributed by atoms with Crippen molar-refractivity contribution in [2.45, 2.75) is 0 Å². The van der Waals surface area contributed by atoms with Gasteiger partial charge in [0.15, 0.2) is 17.5 Å². The van der Waals surface area contributed by atoms with Crippen LogP contribution in [0.25, 0.3) is 89.4 Å². The number of nitrogens with zero attached hydrogens (tertiary/aromatic N) is 3. The maximum atomic E-state index is 5.10. The molecule has 1 heterocycles. The highest BCUT2D eigenvalue weighted by Gasteiger charge is 2.15. The summed E-state index contributed by atoms with van der Waals surface area (Å²) in [7, 11) is 0. The molecule has 0 saturated carbocycles. The van der Waals surface area contributed by atoms with E-state index in [1.165, 1.54) is 33.0 Å². The molecule has 0 amide bonds. The van der Waals surface area contributed by atoms with Crippen molar-refractivity contribution in [1.82, 2.24) is 15.0 Å². The normalized spacial score (nSPS) is 11.1. The summed E-state index contributed by atoms with van der Waals surface area (Å²) in [4.78, 5) is 15.1. The van der Waals surface area contributed by atoms with Crippen LogP contribution in [0.15, 0.2) is 200 Å². The lowest BCUT2D eigenvalue weighted by Gasteiger charge is -2.14. The topological polar surface area (TPSA) is 38.7 Å². The molecule has 0 N–H and O–H groups in total. The van der Waals surface area contributed by atoms with Gasteiger partial charge in [-0.3, -0.25) is 0 Å². The van der Waals surface area contributed by atoms with Crippen LogP contribution >= 0.6 is 0 Å². The van der Waals surface area contributed by atoms with E-state index in [0.717, 1.165) is 38.9 Å². The molecule has 0 unspecified atom stereocenters. The minimum Gasteiger partial charge on any atom is -0.208 e. The van der Waals surface area contributed by atoms with Crippen LogP contribution in [0.1, 0.15) is 0 Å². The molecule has 9 rings (SSSR count). The Morgan fingerprint density at radius 3 is 0.962 bits per heavy atom. The zero-order valence-electron chi connectivity index (χ0n) is 28.4. The van der Waals surface area contributed by atoms with E-state index in [-0.39, 0.29) is 0 Å². The molecule has 0 aliphatic rings. The molecule has 1 aromatic heterocycles. The van der Waals surface area contributed by atoms with Crippen LogP contribution in [0.3, 0.4) is 0 Å². The van der Waals surface area contributed by atoms with Crippen molar-refractivity contribution in [3.05, 3.63) is 200 Å². The number of benzene rings is 8. The van der Waals surface area contributed by atoms with Gasteiger partial charge >= 0.3 is 0 Å². The molecular formula is C49H33N3. The quantitative estimate of drug-likeness (QED) is 0.170. The van der Waals surface area contributed by atoms with Gasteiger partial charge in [-0.05, 0) is 91.7 Å². The molecule has 0 atom stereocenters. The molecule has 3 nitrogen and oxygen atoms in total. The fourth-order valence-corrected chi connectivity index (χ4v) is 6.77. The minimum absolute atomic E-state index is 0.628. The van der Waals surface area contributed by atoms with Crippen LogP contribution in [0.2, 0.25) is 0 Å². The van der Waals surface area contributed by atoms with Gasteiger partial charge in [0.1, 0.15) is 0 Å². The van der Waals surface area contributed by atoms with Crippen molar-refractivity contribution >= 4 is 10.8 Å². The van der Waals surface area contributed by atoms with Crippen molar-refractivity contribution in [3.8, 4) is 78.7 Å². The average molecular weight is 664 g/mol. The Bertz CT molecular complexity index is 2600. The predicted octanol–water partition coefficient (Wildman–Crippen LogP) is 12.7. The van der Waals surface area contributed by atoms with E-state index in [1.54, 1.807) is 0 Å². The second-order valence-corrected chi connectivity index (χ2v) is 12.9. The van der Waals surface area contributed by atoms with Gasteiger partial charge in [0, 0.05) is 16.7 Å². The molecule has 0 radical (unpaired) electrons. The predicted molar refractivity (Wildman–Crippen MR) is 215 cm³/mol. The first-order valence-corrected chi connectivity index (χ1v) is 17.5. The van der Waals surface area contributed by atoms with Gasteiger partial charge in [-0.1, -0.05) is 164 Å². The number of hydrogen-bond acceptors (Lipinski definition) is 3.